The summed E-state index contributed by atoms with van der Waals surface area (Å²) in [6.45, 7) is 0. The molecule has 4 N–H and O–H groups in total. The quantitative estimate of drug-likeness (QED) is 0.586. The number of nitrogens with two attached hydrogens (primary N) is 1. The first kappa shape index (κ1) is 14.9. The van der Waals surface area contributed by atoms with Crippen molar-refractivity contribution in [3.63, 3.8) is 0 Å². The Kier molecular flexibility index (Phi) is 3.85. The lowest BCUT2D eigenvalue weighted by Gasteiger charge is -2.09. The summed E-state index contributed by atoms with van der Waals surface area (Å²) in [7, 11) is -4.36. The van der Waals surface area contributed by atoms with Crippen molar-refractivity contribution in [1.29, 1.82) is 5.41 Å². The molecular weight excluding hydrogens is 302 g/mol. The molecule has 0 radical (unpaired) electrons. The maximum Gasteiger partial charge on any atom is 0.282 e. The minimum absolute atomic E-state index is 0.0967. The third-order valence-electron chi connectivity index (χ3n) is 2.50. The molecule has 0 unspecified atom stereocenters. The van der Waals surface area contributed by atoms with Crippen molar-refractivity contribution in [1.82, 2.24) is 4.98 Å². The first-order chi connectivity index (χ1) is 9.81. The first-order valence-electron chi connectivity index (χ1n) is 5.58. The zero-order valence-electron chi connectivity index (χ0n) is 10.5. The SMILES string of the molecule is N=C(N)c1ccc(NS(=O)(=O)c2ncccc2F)c(F)c1. The third-order valence-corrected chi connectivity index (χ3v) is 3.80. The second kappa shape index (κ2) is 5.44. The third kappa shape index (κ3) is 3.14. The predicted molar refractivity (Wildman–Crippen MR) is 72.4 cm³/mol. The van der Waals surface area contributed by atoms with E-state index in [0.29, 0.717) is 0 Å². The molecular formula is C12H10F2N4O2S. The van der Waals surface area contributed by atoms with Gasteiger partial charge in [0, 0.05) is 11.8 Å². The Hall–Kier alpha value is -2.55. The zero-order valence-corrected chi connectivity index (χ0v) is 11.3. The van der Waals surface area contributed by atoms with E-state index in [-0.39, 0.29) is 11.4 Å². The van der Waals surface area contributed by atoms with Gasteiger partial charge >= 0.3 is 0 Å². The number of rotatable bonds is 4. The van der Waals surface area contributed by atoms with Crippen molar-refractivity contribution in [2.75, 3.05) is 4.72 Å². The number of nitrogens with zero attached hydrogens (tertiary/aromatic N) is 1. The van der Waals surface area contributed by atoms with E-state index < -0.39 is 32.4 Å². The van der Waals surface area contributed by atoms with Crippen LogP contribution in [0.1, 0.15) is 5.56 Å². The number of sulfonamides is 1. The maximum atomic E-state index is 13.8. The average molecular weight is 312 g/mol. The summed E-state index contributed by atoms with van der Waals surface area (Å²) in [5.74, 6) is -2.35. The van der Waals surface area contributed by atoms with Gasteiger partial charge in [-0.25, -0.2) is 13.8 Å². The highest BCUT2D eigenvalue weighted by atomic mass is 32.2. The molecule has 21 heavy (non-hydrogen) atoms. The number of anilines is 1. The molecule has 0 aliphatic carbocycles. The van der Waals surface area contributed by atoms with Gasteiger partial charge in [0.1, 0.15) is 11.7 Å². The van der Waals surface area contributed by atoms with E-state index in [0.717, 1.165) is 24.4 Å². The van der Waals surface area contributed by atoms with E-state index in [2.05, 4.69) is 4.98 Å². The van der Waals surface area contributed by atoms with E-state index in [1.165, 1.54) is 12.1 Å². The van der Waals surface area contributed by atoms with E-state index in [1.807, 2.05) is 4.72 Å². The summed E-state index contributed by atoms with van der Waals surface area (Å²) in [5.41, 5.74) is 4.89. The molecule has 0 fully saturated rings. The second-order valence-electron chi connectivity index (χ2n) is 4.00. The topological polar surface area (TPSA) is 109 Å². The van der Waals surface area contributed by atoms with Crippen LogP contribution in [0, 0.1) is 17.0 Å². The maximum absolute atomic E-state index is 13.8. The van der Waals surface area contributed by atoms with Crippen LogP contribution in [-0.4, -0.2) is 19.2 Å². The van der Waals surface area contributed by atoms with Crippen molar-refractivity contribution >= 4 is 21.5 Å². The Morgan fingerprint density at radius 3 is 2.52 bits per heavy atom. The van der Waals surface area contributed by atoms with Gasteiger partial charge in [-0.05, 0) is 30.3 Å². The van der Waals surface area contributed by atoms with Crippen LogP contribution in [0.15, 0.2) is 41.6 Å². The highest BCUT2D eigenvalue weighted by Crippen LogP contribution is 2.20. The van der Waals surface area contributed by atoms with E-state index in [9.17, 15) is 17.2 Å². The molecule has 1 heterocycles. The van der Waals surface area contributed by atoms with Crippen molar-refractivity contribution in [3.05, 3.63) is 53.7 Å². The van der Waals surface area contributed by atoms with Crippen LogP contribution in [0.25, 0.3) is 0 Å². The van der Waals surface area contributed by atoms with Crippen LogP contribution >= 0.6 is 0 Å². The van der Waals surface area contributed by atoms with Crippen molar-refractivity contribution < 1.29 is 17.2 Å². The Morgan fingerprint density at radius 1 is 1.24 bits per heavy atom. The largest absolute Gasteiger partial charge is 0.384 e. The molecule has 2 rings (SSSR count). The summed E-state index contributed by atoms with van der Waals surface area (Å²) in [6, 6.07) is 5.41. The predicted octanol–water partition coefficient (Wildman–Crippen LogP) is 1.44. The van der Waals surface area contributed by atoms with Gasteiger partial charge in [0.2, 0.25) is 5.03 Å². The van der Waals surface area contributed by atoms with Crippen molar-refractivity contribution in [2.45, 2.75) is 5.03 Å². The number of nitrogens with one attached hydrogen (secondary N) is 2. The summed E-state index contributed by atoms with van der Waals surface area (Å²) in [4.78, 5) is 3.42. The normalized spacial score (nSPS) is 11.1. The lowest BCUT2D eigenvalue weighted by Crippen LogP contribution is -2.17. The lowest BCUT2D eigenvalue weighted by molar-refractivity contribution is 0.556. The zero-order chi connectivity index (χ0) is 15.6. The fraction of sp³-hybridized carbons (Fsp3) is 0. The lowest BCUT2D eigenvalue weighted by atomic mass is 10.2. The Balaban J connectivity index is 2.38. The van der Waals surface area contributed by atoms with Gasteiger partial charge in [-0.2, -0.15) is 8.42 Å². The molecule has 0 aliphatic heterocycles. The number of hydrogen-bond donors (Lipinski definition) is 3. The standard InChI is InChI=1S/C12H10F2N4O2S/c13-8-2-1-5-17-12(8)21(19,20)18-10-4-3-7(11(15)16)6-9(10)14/h1-6,18H,(H3,15,16). The Labute approximate surface area is 119 Å². The van der Waals surface area contributed by atoms with Gasteiger partial charge in [-0.15, -0.1) is 0 Å². The fourth-order valence-electron chi connectivity index (χ4n) is 1.53. The van der Waals surface area contributed by atoms with Crippen molar-refractivity contribution in [2.24, 2.45) is 5.73 Å². The number of benzene rings is 1. The van der Waals surface area contributed by atoms with Crippen LogP contribution in [0.5, 0.6) is 0 Å². The average Bonchev–Trinajstić information content (AvgIpc) is 2.41. The molecule has 1 aromatic carbocycles. The monoisotopic (exact) mass is 312 g/mol. The number of hydrogen-bond acceptors (Lipinski definition) is 4. The fourth-order valence-corrected chi connectivity index (χ4v) is 2.60. The molecule has 0 saturated heterocycles. The smallest absolute Gasteiger partial charge is 0.282 e. The van der Waals surface area contributed by atoms with Crippen LogP contribution in [0.4, 0.5) is 14.5 Å². The summed E-state index contributed by atoms with van der Waals surface area (Å²) in [6.07, 6.45) is 1.10. The number of amidine groups is 1. The van der Waals surface area contributed by atoms with E-state index in [4.69, 9.17) is 11.1 Å². The summed E-state index contributed by atoms with van der Waals surface area (Å²) in [5, 5.41) is 6.32. The van der Waals surface area contributed by atoms with Gasteiger partial charge < -0.3 is 5.73 Å². The molecule has 0 bridgehead atoms. The molecule has 6 nitrogen and oxygen atoms in total. The minimum Gasteiger partial charge on any atom is -0.384 e. The Bertz CT molecular complexity index is 809. The number of aromatic nitrogens is 1. The molecule has 0 saturated carbocycles. The van der Waals surface area contributed by atoms with Gasteiger partial charge in [-0.3, -0.25) is 10.1 Å². The molecule has 0 spiro atoms. The van der Waals surface area contributed by atoms with Gasteiger partial charge in [0.05, 0.1) is 5.69 Å². The van der Waals surface area contributed by atoms with Crippen LogP contribution < -0.4 is 10.5 Å². The first-order valence-corrected chi connectivity index (χ1v) is 7.07. The number of halogens is 2. The van der Waals surface area contributed by atoms with Gasteiger partial charge in [0.15, 0.2) is 5.82 Å². The van der Waals surface area contributed by atoms with Crippen LogP contribution in [0.2, 0.25) is 0 Å². The number of pyridine rings is 1. The van der Waals surface area contributed by atoms with E-state index >= 15 is 0 Å². The minimum atomic E-state index is -4.36. The molecule has 1 aromatic heterocycles. The second-order valence-corrected chi connectivity index (χ2v) is 5.60. The molecule has 0 amide bonds. The molecule has 110 valence electrons. The molecule has 2 aromatic rings. The molecule has 9 heteroatoms. The highest BCUT2D eigenvalue weighted by molar-refractivity contribution is 7.92. The highest BCUT2D eigenvalue weighted by Gasteiger charge is 2.22. The molecule has 0 aliphatic rings. The number of nitrogen functional groups attached to an aromatic ring is 1. The van der Waals surface area contributed by atoms with Crippen molar-refractivity contribution in [3.8, 4) is 0 Å². The van der Waals surface area contributed by atoms with Crippen LogP contribution in [0.3, 0.4) is 0 Å². The summed E-state index contributed by atoms with van der Waals surface area (Å²) >= 11 is 0. The van der Waals surface area contributed by atoms with Crippen LogP contribution in [-0.2, 0) is 10.0 Å². The van der Waals surface area contributed by atoms with Gasteiger partial charge in [-0.1, -0.05) is 0 Å². The molecule has 0 atom stereocenters. The Morgan fingerprint density at radius 2 is 1.95 bits per heavy atom. The van der Waals surface area contributed by atoms with E-state index in [1.54, 1.807) is 0 Å². The van der Waals surface area contributed by atoms with Gasteiger partial charge in [0.25, 0.3) is 10.0 Å². The summed E-state index contributed by atoms with van der Waals surface area (Å²) < 4.78 is 53.0.